The van der Waals surface area contributed by atoms with E-state index in [0.29, 0.717) is 0 Å². The maximum absolute atomic E-state index is 11.5. The molecular weight excluding hydrogens is 320 g/mol. The van der Waals surface area contributed by atoms with Crippen molar-refractivity contribution in [1.29, 1.82) is 0 Å². The van der Waals surface area contributed by atoms with Crippen molar-refractivity contribution in [2.24, 2.45) is 0 Å². The number of fused-ring (bicyclic) bond motifs is 1. The van der Waals surface area contributed by atoms with Crippen LogP contribution in [0, 0.1) is 0 Å². The number of ketones is 2. The zero-order chi connectivity index (χ0) is 18.3. The van der Waals surface area contributed by atoms with Crippen LogP contribution in [0.2, 0.25) is 0 Å². The van der Waals surface area contributed by atoms with Crippen molar-refractivity contribution in [3.63, 3.8) is 0 Å². The monoisotopic (exact) mass is 340 g/mol. The molecule has 1 aliphatic rings. The summed E-state index contributed by atoms with van der Waals surface area (Å²) in [7, 11) is 0. The Labute approximate surface area is 153 Å². The van der Waals surface area contributed by atoms with Gasteiger partial charge in [-0.05, 0) is 60.1 Å². The fourth-order valence-electron chi connectivity index (χ4n) is 3.65. The summed E-state index contributed by atoms with van der Waals surface area (Å²) in [4.78, 5) is 22.9. The Balaban J connectivity index is 1.72. The predicted molar refractivity (Wildman–Crippen MR) is 105 cm³/mol. The zero-order valence-corrected chi connectivity index (χ0v) is 15.0. The van der Waals surface area contributed by atoms with Crippen LogP contribution in [0.4, 0.5) is 0 Å². The minimum absolute atomic E-state index is 0.0916. The van der Waals surface area contributed by atoms with Gasteiger partial charge in [-0.3, -0.25) is 9.59 Å². The topological polar surface area (TPSA) is 34.1 Å². The van der Waals surface area contributed by atoms with Crippen molar-refractivity contribution in [3.8, 4) is 22.3 Å². The van der Waals surface area contributed by atoms with Crippen LogP contribution in [0.5, 0.6) is 0 Å². The highest BCUT2D eigenvalue weighted by molar-refractivity contribution is 5.95. The normalized spacial score (nSPS) is 12.2. The molecule has 1 aliphatic carbocycles. The molecule has 0 bridgehead atoms. The molecule has 0 amide bonds. The first-order valence-electron chi connectivity index (χ1n) is 8.92. The third-order valence-electron chi connectivity index (χ3n) is 5.26. The number of hydrogen-bond donors (Lipinski definition) is 0. The van der Waals surface area contributed by atoms with Gasteiger partial charge in [-0.25, -0.2) is 0 Å². The zero-order valence-electron chi connectivity index (χ0n) is 15.0. The van der Waals surface area contributed by atoms with E-state index in [0.717, 1.165) is 35.1 Å². The van der Waals surface area contributed by atoms with E-state index >= 15 is 0 Å². The molecule has 3 aromatic rings. The lowest BCUT2D eigenvalue weighted by molar-refractivity contribution is 0.100. The number of carbonyl (C=O) groups excluding carboxylic acids is 2. The van der Waals surface area contributed by atoms with Gasteiger partial charge in [-0.15, -0.1) is 0 Å². The smallest absolute Gasteiger partial charge is 0.159 e. The van der Waals surface area contributed by atoms with Crippen molar-refractivity contribution >= 4 is 11.6 Å². The molecular formula is C24H20O2. The fraction of sp³-hybridized carbons (Fsp3) is 0.167. The second kappa shape index (κ2) is 6.38. The standard InChI is InChI=1S/C24H20O2/c1-15(25)17-3-7-19(8-4-17)21-11-12-22(24-14-13-23(21)24)20-9-5-18(6-10-20)16(2)26/h3-12H,13-14H2,1-2H3. The van der Waals surface area contributed by atoms with Crippen LogP contribution in [0.3, 0.4) is 0 Å². The van der Waals surface area contributed by atoms with E-state index in [1.807, 2.05) is 48.5 Å². The van der Waals surface area contributed by atoms with Crippen molar-refractivity contribution in [1.82, 2.24) is 0 Å². The summed E-state index contributed by atoms with van der Waals surface area (Å²) in [5, 5.41) is 0. The molecule has 2 heteroatoms. The van der Waals surface area contributed by atoms with Gasteiger partial charge in [-0.2, -0.15) is 0 Å². The van der Waals surface area contributed by atoms with E-state index in [4.69, 9.17) is 0 Å². The molecule has 0 aromatic heterocycles. The summed E-state index contributed by atoms with van der Waals surface area (Å²) in [6.07, 6.45) is 2.16. The number of benzene rings is 3. The highest BCUT2D eigenvalue weighted by Crippen LogP contribution is 2.40. The Bertz CT molecular complexity index is 925. The third kappa shape index (κ3) is 2.78. The maximum atomic E-state index is 11.5. The van der Waals surface area contributed by atoms with Gasteiger partial charge >= 0.3 is 0 Å². The van der Waals surface area contributed by atoms with Gasteiger partial charge in [-0.1, -0.05) is 60.7 Å². The van der Waals surface area contributed by atoms with Gasteiger partial charge in [0.05, 0.1) is 0 Å². The molecule has 128 valence electrons. The molecule has 0 saturated carbocycles. The van der Waals surface area contributed by atoms with Gasteiger partial charge in [0.15, 0.2) is 11.6 Å². The van der Waals surface area contributed by atoms with E-state index in [9.17, 15) is 9.59 Å². The summed E-state index contributed by atoms with van der Waals surface area (Å²) in [6, 6.07) is 20.1. The molecule has 3 aromatic carbocycles. The van der Waals surface area contributed by atoms with Crippen molar-refractivity contribution in [3.05, 3.63) is 82.9 Å². The van der Waals surface area contributed by atoms with Crippen molar-refractivity contribution in [2.45, 2.75) is 26.7 Å². The van der Waals surface area contributed by atoms with Gasteiger partial charge < -0.3 is 0 Å². The Hall–Kier alpha value is -3.00. The molecule has 4 rings (SSSR count). The lowest BCUT2D eigenvalue weighted by Crippen LogP contribution is -2.12. The molecule has 0 fully saturated rings. The lowest BCUT2D eigenvalue weighted by atomic mass is 9.78. The average molecular weight is 340 g/mol. The van der Waals surface area contributed by atoms with E-state index in [-0.39, 0.29) is 11.6 Å². The third-order valence-corrected chi connectivity index (χ3v) is 5.26. The first kappa shape index (κ1) is 16.5. The molecule has 0 aliphatic heterocycles. The van der Waals surface area contributed by atoms with E-state index < -0.39 is 0 Å². The Morgan fingerprint density at radius 2 is 0.923 bits per heavy atom. The minimum Gasteiger partial charge on any atom is -0.295 e. The SMILES string of the molecule is CC(=O)c1ccc(-c2ccc(-c3ccc(C(C)=O)cc3)c3c2CC3)cc1. The van der Waals surface area contributed by atoms with E-state index in [2.05, 4.69) is 12.1 Å². The molecule has 2 nitrogen and oxygen atoms in total. The lowest BCUT2D eigenvalue weighted by Gasteiger charge is -2.26. The second-order valence-electron chi connectivity index (χ2n) is 6.88. The largest absolute Gasteiger partial charge is 0.295 e. The van der Waals surface area contributed by atoms with Crippen LogP contribution in [0.25, 0.3) is 22.3 Å². The average Bonchev–Trinajstić information content (AvgIpc) is 2.62. The van der Waals surface area contributed by atoms with Gasteiger partial charge in [0.1, 0.15) is 0 Å². The van der Waals surface area contributed by atoms with Gasteiger partial charge in [0.2, 0.25) is 0 Å². The molecule has 0 saturated heterocycles. The summed E-state index contributed by atoms with van der Waals surface area (Å²) in [5.41, 5.74) is 9.11. The first-order chi connectivity index (χ1) is 12.5. The first-order valence-corrected chi connectivity index (χ1v) is 8.92. The maximum Gasteiger partial charge on any atom is 0.159 e. The molecule has 0 radical (unpaired) electrons. The summed E-state index contributed by atoms with van der Waals surface area (Å²) in [5.74, 6) is 0.183. The molecule has 0 heterocycles. The molecule has 0 unspecified atom stereocenters. The highest BCUT2D eigenvalue weighted by atomic mass is 16.1. The summed E-state index contributed by atoms with van der Waals surface area (Å²) in [6.45, 7) is 3.18. The molecule has 0 N–H and O–H groups in total. The second-order valence-corrected chi connectivity index (χ2v) is 6.88. The van der Waals surface area contributed by atoms with Gasteiger partial charge in [0.25, 0.3) is 0 Å². The highest BCUT2D eigenvalue weighted by Gasteiger charge is 2.22. The predicted octanol–water partition coefficient (Wildman–Crippen LogP) is 5.52. The quantitative estimate of drug-likeness (QED) is 0.586. The van der Waals surface area contributed by atoms with Crippen molar-refractivity contribution in [2.75, 3.05) is 0 Å². The number of Topliss-reactive ketones (excluding diaryl/α,β-unsaturated/α-hetero) is 2. The number of hydrogen-bond acceptors (Lipinski definition) is 2. The Kier molecular flexibility index (Phi) is 4.04. The minimum atomic E-state index is 0.0916. The number of carbonyl (C=O) groups is 2. The summed E-state index contributed by atoms with van der Waals surface area (Å²) >= 11 is 0. The van der Waals surface area contributed by atoms with Crippen LogP contribution < -0.4 is 0 Å². The molecule has 26 heavy (non-hydrogen) atoms. The van der Waals surface area contributed by atoms with Crippen molar-refractivity contribution < 1.29 is 9.59 Å². The summed E-state index contributed by atoms with van der Waals surface area (Å²) < 4.78 is 0. The van der Waals surface area contributed by atoms with Crippen LogP contribution in [0.1, 0.15) is 45.7 Å². The van der Waals surface area contributed by atoms with Crippen LogP contribution >= 0.6 is 0 Å². The van der Waals surface area contributed by atoms with Crippen LogP contribution in [0.15, 0.2) is 60.7 Å². The van der Waals surface area contributed by atoms with Gasteiger partial charge in [0, 0.05) is 11.1 Å². The molecule has 0 atom stereocenters. The van der Waals surface area contributed by atoms with Crippen LogP contribution in [-0.4, -0.2) is 11.6 Å². The Morgan fingerprint density at radius 1 is 0.577 bits per heavy atom. The number of rotatable bonds is 4. The Morgan fingerprint density at radius 3 is 1.19 bits per heavy atom. The van der Waals surface area contributed by atoms with E-state index in [1.54, 1.807) is 13.8 Å². The van der Waals surface area contributed by atoms with E-state index in [1.165, 1.54) is 22.3 Å². The van der Waals surface area contributed by atoms with Crippen LogP contribution in [-0.2, 0) is 12.8 Å². The fourth-order valence-corrected chi connectivity index (χ4v) is 3.65. The molecule has 0 spiro atoms.